The van der Waals surface area contributed by atoms with Crippen LogP contribution in [0.1, 0.15) is 35.5 Å². The Morgan fingerprint density at radius 3 is 2.60 bits per heavy atom. The molecule has 0 spiro atoms. The molecule has 2 aromatic heterocycles. The normalized spacial score (nSPS) is 12.5. The quantitative estimate of drug-likeness (QED) is 0.694. The van der Waals surface area contributed by atoms with E-state index < -0.39 is 0 Å². The van der Waals surface area contributed by atoms with Gasteiger partial charge in [0.1, 0.15) is 0 Å². The zero-order valence-electron chi connectivity index (χ0n) is 15.0. The van der Waals surface area contributed by atoms with Crippen molar-refractivity contribution >= 4 is 0 Å². The van der Waals surface area contributed by atoms with E-state index in [1.165, 1.54) is 11.1 Å². The molecule has 2 heterocycles. The van der Waals surface area contributed by atoms with Gasteiger partial charge in [-0.15, -0.1) is 0 Å². The number of benzene rings is 1. The minimum atomic E-state index is 0.105. The van der Waals surface area contributed by atoms with Crippen LogP contribution >= 0.6 is 0 Å². The molecule has 25 heavy (non-hydrogen) atoms. The highest BCUT2D eigenvalue weighted by atomic mass is 16.3. The molecule has 0 fully saturated rings. The summed E-state index contributed by atoms with van der Waals surface area (Å²) in [6, 6.07) is 10.6. The van der Waals surface area contributed by atoms with Crippen LogP contribution in [0, 0.1) is 13.8 Å². The molecule has 2 N–H and O–H groups in total. The van der Waals surface area contributed by atoms with E-state index in [-0.39, 0.29) is 12.6 Å². The molecule has 0 radical (unpaired) electrons. The summed E-state index contributed by atoms with van der Waals surface area (Å²) >= 11 is 0. The number of nitrogens with zero attached hydrogens (tertiary/aromatic N) is 4. The fourth-order valence-electron chi connectivity index (χ4n) is 3.01. The summed E-state index contributed by atoms with van der Waals surface area (Å²) in [7, 11) is 0. The standard InChI is InChI=1S/C19H25N5O/c1-14(17-5-7-18(8-6-17)24-10-4-9-21-24)20-13-19-15(2)22-23(11-12-25)16(19)3/h4-10,14,20,25H,11-13H2,1-3H3. The van der Waals surface area contributed by atoms with Crippen molar-refractivity contribution in [2.75, 3.05) is 6.61 Å². The van der Waals surface area contributed by atoms with Gasteiger partial charge in [-0.2, -0.15) is 10.2 Å². The van der Waals surface area contributed by atoms with E-state index >= 15 is 0 Å². The third-order valence-corrected chi connectivity index (χ3v) is 4.59. The van der Waals surface area contributed by atoms with Crippen LogP contribution in [-0.4, -0.2) is 31.3 Å². The Balaban J connectivity index is 1.66. The summed E-state index contributed by atoms with van der Waals surface area (Å²) in [6.07, 6.45) is 3.71. The minimum absolute atomic E-state index is 0.105. The number of aryl methyl sites for hydroxylation is 1. The van der Waals surface area contributed by atoms with Crippen LogP contribution in [0.5, 0.6) is 0 Å². The van der Waals surface area contributed by atoms with Crippen molar-refractivity contribution in [1.82, 2.24) is 24.9 Å². The molecule has 6 heteroatoms. The van der Waals surface area contributed by atoms with Gasteiger partial charge in [-0.25, -0.2) is 4.68 Å². The molecule has 3 rings (SSSR count). The van der Waals surface area contributed by atoms with Crippen LogP contribution in [0.2, 0.25) is 0 Å². The molecule has 0 bridgehead atoms. The number of rotatable bonds is 7. The summed E-state index contributed by atoms with van der Waals surface area (Å²) in [5, 5.41) is 21.4. The molecule has 0 aliphatic carbocycles. The van der Waals surface area contributed by atoms with E-state index in [2.05, 4.69) is 53.6 Å². The third-order valence-electron chi connectivity index (χ3n) is 4.59. The highest BCUT2D eigenvalue weighted by Crippen LogP contribution is 2.18. The topological polar surface area (TPSA) is 67.9 Å². The molecule has 1 aromatic carbocycles. The van der Waals surface area contributed by atoms with Crippen molar-refractivity contribution in [3.05, 3.63) is 65.2 Å². The van der Waals surface area contributed by atoms with Gasteiger partial charge in [-0.1, -0.05) is 12.1 Å². The first kappa shape index (κ1) is 17.4. The molecule has 3 aromatic rings. The van der Waals surface area contributed by atoms with Gasteiger partial charge in [0.25, 0.3) is 0 Å². The Labute approximate surface area is 148 Å². The second-order valence-electron chi connectivity index (χ2n) is 6.24. The first-order valence-electron chi connectivity index (χ1n) is 8.57. The highest BCUT2D eigenvalue weighted by molar-refractivity contribution is 5.35. The van der Waals surface area contributed by atoms with Gasteiger partial charge in [0.2, 0.25) is 0 Å². The summed E-state index contributed by atoms with van der Waals surface area (Å²) in [4.78, 5) is 0. The van der Waals surface area contributed by atoms with Gasteiger partial charge >= 0.3 is 0 Å². The number of hydrogen-bond acceptors (Lipinski definition) is 4. The Hall–Kier alpha value is -2.44. The number of aliphatic hydroxyl groups excluding tert-OH is 1. The van der Waals surface area contributed by atoms with Crippen LogP contribution in [0.25, 0.3) is 5.69 Å². The molecule has 132 valence electrons. The maximum absolute atomic E-state index is 9.12. The summed E-state index contributed by atoms with van der Waals surface area (Å²) in [5.41, 5.74) is 5.61. The second-order valence-corrected chi connectivity index (χ2v) is 6.24. The number of aromatic nitrogens is 4. The second kappa shape index (κ2) is 7.63. The Morgan fingerprint density at radius 2 is 1.96 bits per heavy atom. The lowest BCUT2D eigenvalue weighted by Gasteiger charge is -2.15. The maximum atomic E-state index is 9.12. The zero-order valence-corrected chi connectivity index (χ0v) is 15.0. The van der Waals surface area contributed by atoms with Gasteiger partial charge in [-0.05, 0) is 44.5 Å². The summed E-state index contributed by atoms with van der Waals surface area (Å²) in [5.74, 6) is 0. The predicted molar refractivity (Wildman–Crippen MR) is 97.6 cm³/mol. The van der Waals surface area contributed by atoms with Crippen molar-refractivity contribution in [2.45, 2.75) is 39.9 Å². The van der Waals surface area contributed by atoms with Gasteiger partial charge < -0.3 is 10.4 Å². The maximum Gasteiger partial charge on any atom is 0.0645 e. The van der Waals surface area contributed by atoms with Gasteiger partial charge in [0.05, 0.1) is 24.5 Å². The van der Waals surface area contributed by atoms with Gasteiger partial charge in [-0.3, -0.25) is 4.68 Å². The van der Waals surface area contributed by atoms with E-state index in [1.807, 2.05) is 28.6 Å². The third kappa shape index (κ3) is 3.81. The van der Waals surface area contributed by atoms with Crippen LogP contribution in [0.3, 0.4) is 0 Å². The lowest BCUT2D eigenvalue weighted by molar-refractivity contribution is 0.267. The molecular weight excluding hydrogens is 314 g/mol. The van der Waals surface area contributed by atoms with E-state index in [1.54, 1.807) is 6.20 Å². The number of nitrogens with one attached hydrogen (secondary N) is 1. The average Bonchev–Trinajstić information content (AvgIpc) is 3.23. The first-order chi connectivity index (χ1) is 12.1. The highest BCUT2D eigenvalue weighted by Gasteiger charge is 2.13. The monoisotopic (exact) mass is 339 g/mol. The van der Waals surface area contributed by atoms with Gasteiger partial charge in [0.15, 0.2) is 0 Å². The Bertz CT molecular complexity index is 805. The Morgan fingerprint density at radius 1 is 1.20 bits per heavy atom. The molecule has 0 amide bonds. The fourth-order valence-corrected chi connectivity index (χ4v) is 3.01. The zero-order chi connectivity index (χ0) is 17.8. The molecule has 6 nitrogen and oxygen atoms in total. The largest absolute Gasteiger partial charge is 0.394 e. The number of hydrogen-bond donors (Lipinski definition) is 2. The predicted octanol–water partition coefficient (Wildman–Crippen LogP) is 2.53. The molecule has 1 atom stereocenters. The van der Waals surface area contributed by atoms with Crippen molar-refractivity contribution in [3.63, 3.8) is 0 Å². The lowest BCUT2D eigenvalue weighted by atomic mass is 10.1. The SMILES string of the molecule is Cc1nn(CCO)c(C)c1CNC(C)c1ccc(-n2cccn2)cc1. The average molecular weight is 339 g/mol. The molecule has 0 saturated heterocycles. The molecule has 0 aliphatic heterocycles. The summed E-state index contributed by atoms with van der Waals surface area (Å²) in [6.45, 7) is 7.62. The van der Waals surface area contributed by atoms with Crippen molar-refractivity contribution in [2.24, 2.45) is 0 Å². The van der Waals surface area contributed by atoms with E-state index in [0.717, 1.165) is 23.6 Å². The van der Waals surface area contributed by atoms with E-state index in [4.69, 9.17) is 5.11 Å². The van der Waals surface area contributed by atoms with Crippen LogP contribution in [0.4, 0.5) is 0 Å². The molecular formula is C19H25N5O. The smallest absolute Gasteiger partial charge is 0.0645 e. The molecule has 0 aliphatic rings. The van der Waals surface area contributed by atoms with Crippen molar-refractivity contribution in [1.29, 1.82) is 0 Å². The first-order valence-corrected chi connectivity index (χ1v) is 8.57. The Kier molecular flexibility index (Phi) is 5.31. The fraction of sp³-hybridized carbons (Fsp3) is 0.368. The van der Waals surface area contributed by atoms with Gasteiger partial charge in [0, 0.05) is 36.2 Å². The number of aliphatic hydroxyl groups is 1. The molecule has 1 unspecified atom stereocenters. The molecule has 0 saturated carbocycles. The van der Waals surface area contributed by atoms with E-state index in [0.29, 0.717) is 6.54 Å². The summed E-state index contributed by atoms with van der Waals surface area (Å²) < 4.78 is 3.72. The van der Waals surface area contributed by atoms with Crippen LogP contribution in [0.15, 0.2) is 42.7 Å². The van der Waals surface area contributed by atoms with Crippen molar-refractivity contribution < 1.29 is 5.11 Å². The van der Waals surface area contributed by atoms with Crippen LogP contribution in [-0.2, 0) is 13.1 Å². The van der Waals surface area contributed by atoms with Crippen molar-refractivity contribution in [3.8, 4) is 5.69 Å². The van der Waals surface area contributed by atoms with E-state index in [9.17, 15) is 0 Å². The lowest BCUT2D eigenvalue weighted by Crippen LogP contribution is -2.19. The minimum Gasteiger partial charge on any atom is -0.394 e. The van der Waals surface area contributed by atoms with Crippen LogP contribution < -0.4 is 5.32 Å².